The smallest absolute Gasteiger partial charge is 0.0978 e. The molecule has 0 spiro atoms. The van der Waals surface area contributed by atoms with E-state index in [1.807, 2.05) is 0 Å². The number of hydrogen-bond acceptors (Lipinski definition) is 3. The summed E-state index contributed by atoms with van der Waals surface area (Å²) in [5, 5.41) is 25.9. The minimum Gasteiger partial charge on any atom is -0.396 e. The maximum atomic E-state index is 8.84. The predicted molar refractivity (Wildman–Crippen MR) is 33.9 cm³/mol. The molecule has 0 aliphatic rings. The van der Waals surface area contributed by atoms with Crippen molar-refractivity contribution in [2.75, 3.05) is 6.61 Å². The maximum absolute atomic E-state index is 8.84. The third-order valence-electron chi connectivity index (χ3n) is 1.06. The molecule has 0 aliphatic heterocycles. The lowest BCUT2D eigenvalue weighted by Gasteiger charge is -2.11. The molecule has 3 N–H and O–H groups in total. The summed E-state index contributed by atoms with van der Waals surface area (Å²) < 4.78 is 0. The van der Waals surface area contributed by atoms with E-state index in [0.717, 1.165) is 0 Å². The Morgan fingerprint density at radius 3 is 2.33 bits per heavy atom. The monoisotopic (exact) mass is 132 g/mol. The number of aliphatic hydroxyl groups is 3. The third kappa shape index (κ3) is 3.24. The molecule has 3 nitrogen and oxygen atoms in total. The Hall–Kier alpha value is -0.380. The van der Waals surface area contributed by atoms with Gasteiger partial charge in [0.2, 0.25) is 0 Å². The maximum Gasteiger partial charge on any atom is 0.0978 e. The lowest BCUT2D eigenvalue weighted by atomic mass is 10.1. The molecule has 0 aromatic carbocycles. The van der Waals surface area contributed by atoms with Crippen molar-refractivity contribution in [3.8, 4) is 0 Å². The molecule has 0 radical (unpaired) electrons. The van der Waals surface area contributed by atoms with Gasteiger partial charge in [-0.3, -0.25) is 0 Å². The van der Waals surface area contributed by atoms with Crippen LogP contribution >= 0.6 is 0 Å². The zero-order valence-corrected chi connectivity index (χ0v) is 5.20. The molecule has 2 atom stereocenters. The van der Waals surface area contributed by atoms with Crippen molar-refractivity contribution in [3.05, 3.63) is 12.7 Å². The molecule has 0 aliphatic carbocycles. The van der Waals surface area contributed by atoms with Crippen LogP contribution in [0.2, 0.25) is 0 Å². The first kappa shape index (κ1) is 8.62. The summed E-state index contributed by atoms with van der Waals surface area (Å²) >= 11 is 0. The van der Waals surface area contributed by atoms with E-state index >= 15 is 0 Å². The van der Waals surface area contributed by atoms with E-state index in [4.69, 9.17) is 15.3 Å². The van der Waals surface area contributed by atoms with E-state index in [1.165, 1.54) is 6.08 Å². The number of rotatable bonds is 4. The molecule has 0 aromatic rings. The first-order valence-corrected chi connectivity index (χ1v) is 2.82. The zero-order valence-electron chi connectivity index (χ0n) is 5.20. The average Bonchev–Trinajstić information content (AvgIpc) is 1.87. The molecule has 0 saturated heterocycles. The molecular formula is C6H12O3. The van der Waals surface area contributed by atoms with Crippen LogP contribution in [0.5, 0.6) is 0 Å². The van der Waals surface area contributed by atoms with Gasteiger partial charge in [0.15, 0.2) is 0 Å². The van der Waals surface area contributed by atoms with E-state index in [2.05, 4.69) is 6.58 Å². The van der Waals surface area contributed by atoms with Gasteiger partial charge >= 0.3 is 0 Å². The van der Waals surface area contributed by atoms with Crippen LogP contribution in [0.25, 0.3) is 0 Å². The van der Waals surface area contributed by atoms with Gasteiger partial charge in [-0.15, -0.1) is 6.58 Å². The second-order valence-electron chi connectivity index (χ2n) is 1.81. The van der Waals surface area contributed by atoms with Crippen molar-refractivity contribution in [1.82, 2.24) is 0 Å². The minimum atomic E-state index is -0.919. The molecular weight excluding hydrogens is 120 g/mol. The topological polar surface area (TPSA) is 60.7 Å². The van der Waals surface area contributed by atoms with Crippen LogP contribution in [0, 0.1) is 0 Å². The van der Waals surface area contributed by atoms with Crippen molar-refractivity contribution in [1.29, 1.82) is 0 Å². The van der Waals surface area contributed by atoms with Gasteiger partial charge in [0.1, 0.15) is 0 Å². The van der Waals surface area contributed by atoms with Gasteiger partial charge in [-0.25, -0.2) is 0 Å². The lowest BCUT2D eigenvalue weighted by molar-refractivity contribution is 0.0319. The van der Waals surface area contributed by atoms with Crippen molar-refractivity contribution in [2.45, 2.75) is 18.6 Å². The standard InChI is InChI=1S/C6H12O3/c1-2-5(8)6(9)3-4-7/h2,5-9H,1,3-4H2/t5-,6-/m0/s1. The SMILES string of the molecule is C=C[C@H](O)[C@@H](O)CCO. The largest absolute Gasteiger partial charge is 0.396 e. The summed E-state index contributed by atoms with van der Waals surface area (Å²) in [6.07, 6.45) is -0.377. The van der Waals surface area contributed by atoms with E-state index < -0.39 is 12.2 Å². The Balaban J connectivity index is 3.44. The summed E-state index contributed by atoms with van der Waals surface area (Å²) in [5.74, 6) is 0. The third-order valence-corrected chi connectivity index (χ3v) is 1.06. The second kappa shape index (κ2) is 4.49. The molecule has 0 saturated carbocycles. The van der Waals surface area contributed by atoms with Gasteiger partial charge in [0.25, 0.3) is 0 Å². The van der Waals surface area contributed by atoms with Crippen molar-refractivity contribution in [3.63, 3.8) is 0 Å². The Kier molecular flexibility index (Phi) is 4.30. The van der Waals surface area contributed by atoms with Crippen LogP contribution in [0.1, 0.15) is 6.42 Å². The molecule has 0 unspecified atom stereocenters. The zero-order chi connectivity index (χ0) is 7.28. The van der Waals surface area contributed by atoms with Crippen molar-refractivity contribution in [2.24, 2.45) is 0 Å². The van der Waals surface area contributed by atoms with Gasteiger partial charge in [-0.2, -0.15) is 0 Å². The van der Waals surface area contributed by atoms with Crippen molar-refractivity contribution < 1.29 is 15.3 Å². The Morgan fingerprint density at radius 1 is 1.44 bits per heavy atom. The van der Waals surface area contributed by atoms with Crippen LogP contribution in [-0.2, 0) is 0 Å². The van der Waals surface area contributed by atoms with E-state index in [1.54, 1.807) is 0 Å². The highest BCUT2D eigenvalue weighted by Crippen LogP contribution is 1.97. The van der Waals surface area contributed by atoms with Crippen LogP contribution in [0.3, 0.4) is 0 Å². The molecule has 9 heavy (non-hydrogen) atoms. The molecule has 3 heteroatoms. The first-order chi connectivity index (χ1) is 4.22. The molecule has 0 heterocycles. The summed E-state index contributed by atoms with van der Waals surface area (Å²) in [6.45, 7) is 3.15. The van der Waals surface area contributed by atoms with Crippen LogP contribution in [-0.4, -0.2) is 34.1 Å². The molecule has 54 valence electrons. The average molecular weight is 132 g/mol. The Labute approximate surface area is 54.3 Å². The van der Waals surface area contributed by atoms with E-state index in [9.17, 15) is 0 Å². The van der Waals surface area contributed by atoms with Crippen LogP contribution in [0.15, 0.2) is 12.7 Å². The van der Waals surface area contributed by atoms with Gasteiger partial charge in [0.05, 0.1) is 12.2 Å². The highest BCUT2D eigenvalue weighted by molar-refractivity contribution is 4.83. The lowest BCUT2D eigenvalue weighted by Crippen LogP contribution is -2.24. The molecule has 0 aromatic heterocycles. The van der Waals surface area contributed by atoms with Gasteiger partial charge < -0.3 is 15.3 Å². The van der Waals surface area contributed by atoms with E-state index in [-0.39, 0.29) is 13.0 Å². The highest BCUT2D eigenvalue weighted by Gasteiger charge is 2.10. The quantitative estimate of drug-likeness (QED) is 0.442. The van der Waals surface area contributed by atoms with Crippen molar-refractivity contribution >= 4 is 0 Å². The predicted octanol–water partition coefficient (Wildman–Crippen LogP) is -0.723. The second-order valence-corrected chi connectivity index (χ2v) is 1.81. The molecule has 0 fully saturated rings. The van der Waals surface area contributed by atoms with Gasteiger partial charge in [-0.1, -0.05) is 6.08 Å². The number of aliphatic hydroxyl groups excluding tert-OH is 3. The summed E-state index contributed by atoms with van der Waals surface area (Å²) in [4.78, 5) is 0. The molecule has 0 rings (SSSR count). The fraction of sp³-hybridized carbons (Fsp3) is 0.667. The minimum absolute atomic E-state index is 0.119. The molecule has 0 amide bonds. The molecule has 0 bridgehead atoms. The highest BCUT2D eigenvalue weighted by atomic mass is 16.3. The van der Waals surface area contributed by atoms with Crippen LogP contribution < -0.4 is 0 Å². The van der Waals surface area contributed by atoms with E-state index in [0.29, 0.717) is 0 Å². The van der Waals surface area contributed by atoms with Crippen LogP contribution in [0.4, 0.5) is 0 Å². The van der Waals surface area contributed by atoms with Gasteiger partial charge in [0, 0.05) is 6.61 Å². The fourth-order valence-corrected chi connectivity index (χ4v) is 0.460. The normalized spacial score (nSPS) is 16.8. The fourth-order valence-electron chi connectivity index (χ4n) is 0.460. The summed E-state index contributed by atoms with van der Waals surface area (Å²) in [5.41, 5.74) is 0. The summed E-state index contributed by atoms with van der Waals surface area (Å²) in [6, 6.07) is 0. The Bertz CT molecular complexity index is 82.4. The van der Waals surface area contributed by atoms with Gasteiger partial charge in [-0.05, 0) is 6.42 Å². The Morgan fingerprint density at radius 2 is 2.00 bits per heavy atom. The summed E-state index contributed by atoms with van der Waals surface area (Å²) in [7, 11) is 0. The number of hydrogen-bond donors (Lipinski definition) is 3. The first-order valence-electron chi connectivity index (χ1n) is 2.82.